The lowest BCUT2D eigenvalue weighted by atomic mass is 10.0. The van der Waals surface area contributed by atoms with Crippen molar-refractivity contribution < 1.29 is 18.3 Å². The van der Waals surface area contributed by atoms with Crippen LogP contribution in [0.15, 0.2) is 18.2 Å². The van der Waals surface area contributed by atoms with Gasteiger partial charge in [-0.3, -0.25) is 4.79 Å². The molecule has 2 nitrogen and oxygen atoms in total. The molecule has 0 aliphatic heterocycles. The lowest BCUT2D eigenvalue weighted by Gasteiger charge is -2.10. The van der Waals surface area contributed by atoms with Crippen molar-refractivity contribution in [2.24, 2.45) is 0 Å². The van der Waals surface area contributed by atoms with Gasteiger partial charge >= 0.3 is 5.97 Å². The van der Waals surface area contributed by atoms with Gasteiger partial charge in [0.1, 0.15) is 11.6 Å². The molecule has 0 amide bonds. The molecule has 0 saturated heterocycles. The average Bonchev–Trinajstić information content (AvgIpc) is 2.15. The van der Waals surface area contributed by atoms with E-state index in [2.05, 4.69) is 0 Å². The molecule has 0 N–H and O–H groups in total. The number of hydrogen-bond acceptors (Lipinski definition) is 2. The van der Waals surface area contributed by atoms with Gasteiger partial charge in [0.25, 0.3) is 0 Å². The van der Waals surface area contributed by atoms with Gasteiger partial charge in [-0.05, 0) is 31.5 Å². The van der Waals surface area contributed by atoms with E-state index in [-0.39, 0.29) is 12.2 Å². The quantitative estimate of drug-likeness (QED) is 0.723. The molecule has 4 heteroatoms. The topological polar surface area (TPSA) is 26.3 Å². The Morgan fingerprint density at radius 1 is 1.33 bits per heavy atom. The van der Waals surface area contributed by atoms with Gasteiger partial charge in [-0.15, -0.1) is 0 Å². The Hall–Kier alpha value is -1.45. The molecule has 0 bridgehead atoms. The third-order valence-corrected chi connectivity index (χ3v) is 2.03. The third-order valence-electron chi connectivity index (χ3n) is 2.03. The fraction of sp³-hybridized carbons (Fsp3) is 0.364. The number of benzene rings is 1. The van der Waals surface area contributed by atoms with E-state index >= 15 is 0 Å². The normalized spacial score (nSPS) is 12.3. The van der Waals surface area contributed by atoms with Crippen LogP contribution in [0.4, 0.5) is 8.78 Å². The van der Waals surface area contributed by atoms with Crippen LogP contribution in [0.2, 0.25) is 0 Å². The van der Waals surface area contributed by atoms with Crippen LogP contribution in [-0.4, -0.2) is 12.6 Å². The Kier molecular flexibility index (Phi) is 3.77. The van der Waals surface area contributed by atoms with Crippen LogP contribution in [0.1, 0.15) is 25.3 Å². The molecule has 1 atom stereocenters. The molecule has 0 aliphatic carbocycles. The Balaban J connectivity index is 2.90. The summed E-state index contributed by atoms with van der Waals surface area (Å²) in [5.74, 6) is -2.53. The summed E-state index contributed by atoms with van der Waals surface area (Å²) in [6, 6.07) is 3.02. The van der Waals surface area contributed by atoms with Gasteiger partial charge in [-0.1, -0.05) is 0 Å². The van der Waals surface area contributed by atoms with Crippen LogP contribution >= 0.6 is 0 Å². The van der Waals surface area contributed by atoms with Crippen molar-refractivity contribution in [1.29, 1.82) is 0 Å². The van der Waals surface area contributed by atoms with E-state index in [1.165, 1.54) is 0 Å². The number of rotatable bonds is 3. The zero-order valence-corrected chi connectivity index (χ0v) is 8.59. The summed E-state index contributed by atoms with van der Waals surface area (Å²) in [6.07, 6.45) is 0. The highest BCUT2D eigenvalue weighted by molar-refractivity contribution is 5.77. The van der Waals surface area contributed by atoms with Gasteiger partial charge in [0.05, 0.1) is 12.5 Å². The molecule has 0 spiro atoms. The summed E-state index contributed by atoms with van der Waals surface area (Å²) in [5, 5.41) is 0. The van der Waals surface area contributed by atoms with Crippen LogP contribution in [0.5, 0.6) is 0 Å². The van der Waals surface area contributed by atoms with Gasteiger partial charge < -0.3 is 4.74 Å². The van der Waals surface area contributed by atoms with Gasteiger partial charge in [-0.2, -0.15) is 0 Å². The SMILES string of the molecule is CCOC(=O)C(C)c1cc(F)cc(F)c1. The van der Waals surface area contributed by atoms with Gasteiger partial charge in [0.2, 0.25) is 0 Å². The molecule has 1 aromatic rings. The lowest BCUT2D eigenvalue weighted by molar-refractivity contribution is -0.144. The highest BCUT2D eigenvalue weighted by Gasteiger charge is 2.17. The summed E-state index contributed by atoms with van der Waals surface area (Å²) in [6.45, 7) is 3.48. The second-order valence-corrected chi connectivity index (χ2v) is 3.18. The average molecular weight is 214 g/mol. The third kappa shape index (κ3) is 3.01. The first-order valence-electron chi connectivity index (χ1n) is 4.67. The van der Waals surface area contributed by atoms with Crippen molar-refractivity contribution in [2.75, 3.05) is 6.61 Å². The monoisotopic (exact) mass is 214 g/mol. The van der Waals surface area contributed by atoms with Crippen molar-refractivity contribution in [3.8, 4) is 0 Å². The fourth-order valence-electron chi connectivity index (χ4n) is 1.23. The highest BCUT2D eigenvalue weighted by atomic mass is 19.1. The standard InChI is InChI=1S/C11H12F2O2/c1-3-15-11(14)7(2)8-4-9(12)6-10(13)5-8/h4-7H,3H2,1-2H3. The Morgan fingerprint density at radius 2 is 1.87 bits per heavy atom. The van der Waals surface area contributed by atoms with Crippen LogP contribution in [-0.2, 0) is 9.53 Å². The lowest BCUT2D eigenvalue weighted by Crippen LogP contribution is -2.13. The van der Waals surface area contributed by atoms with E-state index in [0.717, 1.165) is 18.2 Å². The number of esters is 1. The number of halogens is 2. The van der Waals surface area contributed by atoms with Crippen LogP contribution in [0.25, 0.3) is 0 Å². The van der Waals surface area contributed by atoms with E-state index < -0.39 is 23.5 Å². The second kappa shape index (κ2) is 4.87. The zero-order valence-electron chi connectivity index (χ0n) is 8.59. The Bertz CT molecular complexity index is 343. The molecule has 0 aromatic heterocycles. The molecule has 0 fully saturated rings. The van der Waals surface area contributed by atoms with Crippen LogP contribution in [0.3, 0.4) is 0 Å². The molecule has 0 aliphatic rings. The fourth-order valence-corrected chi connectivity index (χ4v) is 1.23. The number of carbonyl (C=O) groups is 1. The summed E-state index contributed by atoms with van der Waals surface area (Å²) in [5.41, 5.74) is 0.283. The summed E-state index contributed by atoms with van der Waals surface area (Å²) in [4.78, 5) is 11.3. The Labute approximate surface area is 86.9 Å². The molecule has 0 heterocycles. The zero-order chi connectivity index (χ0) is 11.4. The molecule has 1 aromatic carbocycles. The number of hydrogen-bond donors (Lipinski definition) is 0. The molecular formula is C11H12F2O2. The van der Waals surface area contributed by atoms with E-state index in [1.54, 1.807) is 13.8 Å². The molecule has 0 saturated carbocycles. The predicted octanol–water partition coefficient (Wildman–Crippen LogP) is 2.63. The first-order valence-corrected chi connectivity index (χ1v) is 4.67. The molecule has 15 heavy (non-hydrogen) atoms. The molecular weight excluding hydrogens is 202 g/mol. The van der Waals surface area contributed by atoms with Gasteiger partial charge in [0.15, 0.2) is 0 Å². The van der Waals surface area contributed by atoms with Gasteiger partial charge in [0, 0.05) is 6.07 Å². The van der Waals surface area contributed by atoms with E-state index in [4.69, 9.17) is 4.74 Å². The van der Waals surface area contributed by atoms with Crippen molar-refractivity contribution in [2.45, 2.75) is 19.8 Å². The van der Waals surface area contributed by atoms with Crippen LogP contribution < -0.4 is 0 Å². The van der Waals surface area contributed by atoms with E-state index in [1.807, 2.05) is 0 Å². The minimum absolute atomic E-state index is 0.251. The van der Waals surface area contributed by atoms with Crippen LogP contribution in [0, 0.1) is 11.6 Å². The smallest absolute Gasteiger partial charge is 0.313 e. The maximum atomic E-state index is 12.8. The summed E-state index contributed by atoms with van der Waals surface area (Å²) in [7, 11) is 0. The van der Waals surface area contributed by atoms with E-state index in [0.29, 0.717) is 0 Å². The maximum absolute atomic E-state index is 12.8. The van der Waals surface area contributed by atoms with Crippen molar-refractivity contribution >= 4 is 5.97 Å². The minimum atomic E-state index is -0.693. The summed E-state index contributed by atoms with van der Waals surface area (Å²) < 4.78 is 30.4. The van der Waals surface area contributed by atoms with Crippen molar-refractivity contribution in [3.63, 3.8) is 0 Å². The van der Waals surface area contributed by atoms with Crippen molar-refractivity contribution in [3.05, 3.63) is 35.4 Å². The Morgan fingerprint density at radius 3 is 2.33 bits per heavy atom. The van der Waals surface area contributed by atoms with E-state index in [9.17, 15) is 13.6 Å². The molecule has 1 rings (SSSR count). The molecule has 82 valence electrons. The first kappa shape index (κ1) is 11.6. The molecule has 1 unspecified atom stereocenters. The van der Waals surface area contributed by atoms with Crippen molar-refractivity contribution in [1.82, 2.24) is 0 Å². The second-order valence-electron chi connectivity index (χ2n) is 3.18. The van der Waals surface area contributed by atoms with Gasteiger partial charge in [-0.25, -0.2) is 8.78 Å². The first-order chi connectivity index (χ1) is 7.04. The highest BCUT2D eigenvalue weighted by Crippen LogP contribution is 2.19. The minimum Gasteiger partial charge on any atom is -0.466 e. The predicted molar refractivity (Wildman–Crippen MR) is 51.4 cm³/mol. The number of ether oxygens (including phenoxy) is 1. The number of carbonyl (C=O) groups excluding carboxylic acids is 1. The summed E-state index contributed by atoms with van der Waals surface area (Å²) >= 11 is 0. The largest absolute Gasteiger partial charge is 0.466 e. The molecule has 0 radical (unpaired) electrons. The maximum Gasteiger partial charge on any atom is 0.313 e.